The van der Waals surface area contributed by atoms with Gasteiger partial charge in [0, 0.05) is 6.04 Å². The zero-order valence-corrected chi connectivity index (χ0v) is 13.0. The van der Waals surface area contributed by atoms with Crippen LogP contribution in [-0.2, 0) is 22.9 Å². The summed E-state index contributed by atoms with van der Waals surface area (Å²) in [4.78, 5) is 0.423. The van der Waals surface area contributed by atoms with Crippen LogP contribution in [0.15, 0.2) is 23.1 Å². The second kappa shape index (κ2) is 6.43. The van der Waals surface area contributed by atoms with Gasteiger partial charge in [-0.1, -0.05) is 6.07 Å². The van der Waals surface area contributed by atoms with E-state index >= 15 is 0 Å². The molecule has 0 radical (unpaired) electrons. The topological polar surface area (TPSA) is 58.2 Å². The lowest BCUT2D eigenvalue weighted by Crippen LogP contribution is -2.42. The fourth-order valence-electron chi connectivity index (χ4n) is 2.94. The summed E-state index contributed by atoms with van der Waals surface area (Å²) in [6.07, 6.45) is 4.96. The lowest BCUT2D eigenvalue weighted by Gasteiger charge is -2.23. The maximum atomic E-state index is 12.4. The van der Waals surface area contributed by atoms with Crippen LogP contribution < -0.4 is 10.0 Å². The minimum atomic E-state index is -3.36. The van der Waals surface area contributed by atoms with Gasteiger partial charge in [-0.2, -0.15) is 0 Å². The predicted octanol–water partition coefficient (Wildman–Crippen LogP) is 1.63. The molecular formula is C14H21ClN2O2S. The summed E-state index contributed by atoms with van der Waals surface area (Å²) in [5.41, 5.74) is 2.51. The van der Waals surface area contributed by atoms with Crippen molar-refractivity contribution in [3.63, 3.8) is 0 Å². The fraction of sp³-hybridized carbons (Fsp3) is 0.571. The van der Waals surface area contributed by atoms with Gasteiger partial charge in [-0.15, -0.1) is 12.4 Å². The first-order valence-electron chi connectivity index (χ1n) is 7.00. The fourth-order valence-corrected chi connectivity index (χ4v) is 4.30. The molecule has 0 bridgehead atoms. The number of rotatable bonds is 3. The Balaban J connectivity index is 0.00000147. The summed E-state index contributed by atoms with van der Waals surface area (Å²) in [7, 11) is -3.36. The number of fused-ring (bicyclic) bond motifs is 1. The monoisotopic (exact) mass is 316 g/mol. The van der Waals surface area contributed by atoms with Gasteiger partial charge < -0.3 is 5.32 Å². The molecule has 0 aromatic heterocycles. The molecule has 112 valence electrons. The van der Waals surface area contributed by atoms with Gasteiger partial charge in [0.25, 0.3) is 0 Å². The maximum absolute atomic E-state index is 12.4. The molecule has 1 aliphatic heterocycles. The summed E-state index contributed by atoms with van der Waals surface area (Å²) < 4.78 is 27.6. The van der Waals surface area contributed by atoms with E-state index in [4.69, 9.17) is 0 Å². The van der Waals surface area contributed by atoms with Crippen molar-refractivity contribution in [2.75, 3.05) is 13.1 Å². The van der Waals surface area contributed by atoms with Gasteiger partial charge in [0.2, 0.25) is 10.0 Å². The summed E-state index contributed by atoms with van der Waals surface area (Å²) in [5, 5.41) is 3.24. The van der Waals surface area contributed by atoms with Gasteiger partial charge in [-0.3, -0.25) is 0 Å². The normalized spacial score (nSPS) is 19.4. The molecule has 2 aliphatic rings. The number of nitrogens with one attached hydrogen (secondary N) is 2. The molecule has 1 heterocycles. The molecule has 2 N–H and O–H groups in total. The number of aryl methyl sites for hydroxylation is 2. The Kier molecular flexibility index (Phi) is 5.07. The second-order valence-electron chi connectivity index (χ2n) is 5.43. The Morgan fingerprint density at radius 1 is 1.10 bits per heavy atom. The number of hydrogen-bond donors (Lipinski definition) is 2. The van der Waals surface area contributed by atoms with E-state index in [0.29, 0.717) is 4.90 Å². The third-order valence-electron chi connectivity index (χ3n) is 4.04. The van der Waals surface area contributed by atoms with Gasteiger partial charge in [-0.05, 0) is 68.5 Å². The van der Waals surface area contributed by atoms with Crippen molar-refractivity contribution in [3.8, 4) is 0 Å². The van der Waals surface area contributed by atoms with Crippen LogP contribution in [0.3, 0.4) is 0 Å². The molecule has 0 spiro atoms. The van der Waals surface area contributed by atoms with Crippen molar-refractivity contribution >= 4 is 22.4 Å². The first-order valence-corrected chi connectivity index (χ1v) is 8.48. The van der Waals surface area contributed by atoms with Crippen molar-refractivity contribution in [1.29, 1.82) is 0 Å². The summed E-state index contributed by atoms with van der Waals surface area (Å²) >= 11 is 0. The van der Waals surface area contributed by atoms with Gasteiger partial charge in [0.1, 0.15) is 0 Å². The van der Waals surface area contributed by atoms with Crippen molar-refractivity contribution in [3.05, 3.63) is 29.3 Å². The van der Waals surface area contributed by atoms with Crippen LogP contribution in [-0.4, -0.2) is 27.5 Å². The number of hydrogen-bond acceptors (Lipinski definition) is 3. The molecule has 1 saturated heterocycles. The largest absolute Gasteiger partial charge is 0.317 e. The SMILES string of the molecule is Cl.O=S(=O)(NC1CCNCC1)c1ccc2c(c1)CCC2. The molecule has 20 heavy (non-hydrogen) atoms. The smallest absolute Gasteiger partial charge is 0.240 e. The second-order valence-corrected chi connectivity index (χ2v) is 7.14. The predicted molar refractivity (Wildman–Crippen MR) is 81.9 cm³/mol. The molecule has 0 atom stereocenters. The minimum Gasteiger partial charge on any atom is -0.317 e. The average Bonchev–Trinajstić information content (AvgIpc) is 2.86. The lowest BCUT2D eigenvalue weighted by molar-refractivity contribution is 0.427. The van der Waals surface area contributed by atoms with E-state index in [9.17, 15) is 8.42 Å². The number of piperidine rings is 1. The maximum Gasteiger partial charge on any atom is 0.240 e. The highest BCUT2D eigenvalue weighted by molar-refractivity contribution is 7.89. The van der Waals surface area contributed by atoms with Crippen LogP contribution in [0.25, 0.3) is 0 Å². The van der Waals surface area contributed by atoms with Gasteiger partial charge in [-0.25, -0.2) is 13.1 Å². The highest BCUT2D eigenvalue weighted by Gasteiger charge is 2.23. The number of benzene rings is 1. The Bertz CT molecular complexity index is 569. The van der Waals surface area contributed by atoms with E-state index < -0.39 is 10.0 Å². The Morgan fingerprint density at radius 3 is 2.55 bits per heavy atom. The molecule has 3 rings (SSSR count). The molecule has 0 unspecified atom stereocenters. The van der Waals surface area contributed by atoms with Crippen LogP contribution in [0.2, 0.25) is 0 Å². The third kappa shape index (κ3) is 3.34. The zero-order chi connectivity index (χ0) is 13.3. The van der Waals surface area contributed by atoms with E-state index in [1.165, 1.54) is 11.1 Å². The first kappa shape index (κ1) is 15.8. The number of halogens is 1. The molecule has 0 saturated carbocycles. The Hall–Kier alpha value is -0.620. The highest BCUT2D eigenvalue weighted by Crippen LogP contribution is 2.25. The van der Waals surface area contributed by atoms with E-state index in [1.54, 1.807) is 6.07 Å². The van der Waals surface area contributed by atoms with Crippen LogP contribution >= 0.6 is 12.4 Å². The molecule has 1 aliphatic carbocycles. The highest BCUT2D eigenvalue weighted by atomic mass is 35.5. The summed E-state index contributed by atoms with van der Waals surface area (Å²) in [6, 6.07) is 5.64. The van der Waals surface area contributed by atoms with Crippen molar-refractivity contribution in [2.24, 2.45) is 0 Å². The minimum absolute atomic E-state index is 0. The van der Waals surface area contributed by atoms with Crippen LogP contribution in [0, 0.1) is 0 Å². The van der Waals surface area contributed by atoms with E-state index in [-0.39, 0.29) is 18.4 Å². The van der Waals surface area contributed by atoms with Gasteiger partial charge in [0.05, 0.1) is 4.90 Å². The third-order valence-corrected chi connectivity index (χ3v) is 5.56. The summed E-state index contributed by atoms with van der Waals surface area (Å²) in [6.45, 7) is 1.77. The quantitative estimate of drug-likeness (QED) is 0.891. The Labute approximate surface area is 126 Å². The van der Waals surface area contributed by atoms with Crippen LogP contribution in [0.4, 0.5) is 0 Å². The van der Waals surface area contributed by atoms with Crippen molar-refractivity contribution in [2.45, 2.75) is 43.0 Å². The van der Waals surface area contributed by atoms with Crippen LogP contribution in [0.5, 0.6) is 0 Å². The van der Waals surface area contributed by atoms with E-state index in [0.717, 1.165) is 45.2 Å². The van der Waals surface area contributed by atoms with Crippen molar-refractivity contribution < 1.29 is 8.42 Å². The molecule has 1 aromatic rings. The Morgan fingerprint density at radius 2 is 1.80 bits per heavy atom. The molecule has 4 nitrogen and oxygen atoms in total. The molecule has 6 heteroatoms. The lowest BCUT2D eigenvalue weighted by atomic mass is 10.1. The molecule has 1 fully saturated rings. The standard InChI is InChI=1S/C14H20N2O2S.ClH/c17-19(18,16-13-6-8-15-9-7-13)14-5-4-11-2-1-3-12(11)10-14;/h4-5,10,13,15-16H,1-3,6-9H2;1H. The molecule has 0 amide bonds. The molecule has 1 aromatic carbocycles. The number of sulfonamides is 1. The van der Waals surface area contributed by atoms with Gasteiger partial charge in [0.15, 0.2) is 0 Å². The van der Waals surface area contributed by atoms with Gasteiger partial charge >= 0.3 is 0 Å². The zero-order valence-electron chi connectivity index (χ0n) is 11.4. The first-order chi connectivity index (χ1) is 9.15. The summed E-state index contributed by atoms with van der Waals surface area (Å²) in [5.74, 6) is 0. The molecular weight excluding hydrogens is 296 g/mol. The average molecular weight is 317 g/mol. The van der Waals surface area contributed by atoms with E-state index in [1.807, 2.05) is 12.1 Å². The van der Waals surface area contributed by atoms with Crippen LogP contribution in [0.1, 0.15) is 30.4 Å². The van der Waals surface area contributed by atoms with E-state index in [2.05, 4.69) is 10.0 Å². The van der Waals surface area contributed by atoms with Crippen molar-refractivity contribution in [1.82, 2.24) is 10.0 Å².